The van der Waals surface area contributed by atoms with E-state index < -0.39 is 0 Å². The molecule has 1 aromatic carbocycles. The zero-order valence-corrected chi connectivity index (χ0v) is 10.0. The average molecular weight is 215 g/mol. The largest absolute Gasteiger partial charge is 0.313 e. The second-order valence-electron chi connectivity index (χ2n) is 5.35. The number of hydrogen-bond donors (Lipinski definition) is 1. The van der Waals surface area contributed by atoms with Crippen molar-refractivity contribution in [3.05, 3.63) is 35.9 Å². The van der Waals surface area contributed by atoms with Crippen molar-refractivity contribution in [1.29, 1.82) is 0 Å². The van der Waals surface area contributed by atoms with Crippen LogP contribution in [-0.2, 0) is 0 Å². The van der Waals surface area contributed by atoms with E-state index in [1.165, 1.54) is 19.3 Å². The minimum absolute atomic E-state index is 0.742. The van der Waals surface area contributed by atoms with Crippen molar-refractivity contribution in [2.24, 2.45) is 11.8 Å². The van der Waals surface area contributed by atoms with Gasteiger partial charge in [0.15, 0.2) is 0 Å². The Labute approximate surface area is 98.3 Å². The first-order valence-corrected chi connectivity index (χ1v) is 6.68. The van der Waals surface area contributed by atoms with Crippen molar-refractivity contribution in [2.75, 3.05) is 6.54 Å². The summed E-state index contributed by atoms with van der Waals surface area (Å²) in [6.45, 7) is 3.34. The van der Waals surface area contributed by atoms with Gasteiger partial charge in [-0.3, -0.25) is 0 Å². The molecule has 0 saturated heterocycles. The van der Waals surface area contributed by atoms with Crippen LogP contribution in [0.3, 0.4) is 0 Å². The molecule has 2 aliphatic rings. The molecule has 0 heterocycles. The Morgan fingerprint density at radius 1 is 1.12 bits per heavy atom. The lowest BCUT2D eigenvalue weighted by Crippen LogP contribution is -2.39. The normalized spacial score (nSPS) is 36.8. The van der Waals surface area contributed by atoms with Gasteiger partial charge in [-0.05, 0) is 43.2 Å². The number of likely N-dealkylation sites (N-methyl/N-ethyl adjacent to an activating group) is 1. The van der Waals surface area contributed by atoms with E-state index in [2.05, 4.69) is 42.6 Å². The van der Waals surface area contributed by atoms with Gasteiger partial charge in [0.1, 0.15) is 0 Å². The van der Waals surface area contributed by atoms with E-state index in [9.17, 15) is 0 Å². The lowest BCUT2D eigenvalue weighted by molar-refractivity contribution is 0.315. The Morgan fingerprint density at radius 3 is 2.62 bits per heavy atom. The molecular weight excluding hydrogens is 194 g/mol. The molecule has 2 saturated carbocycles. The third-order valence-corrected chi connectivity index (χ3v) is 4.54. The van der Waals surface area contributed by atoms with Crippen LogP contribution in [0.4, 0.5) is 0 Å². The molecule has 0 unspecified atom stereocenters. The van der Waals surface area contributed by atoms with Crippen molar-refractivity contribution >= 4 is 0 Å². The zero-order chi connectivity index (χ0) is 11.0. The van der Waals surface area contributed by atoms with Crippen LogP contribution < -0.4 is 5.32 Å². The molecule has 0 spiro atoms. The van der Waals surface area contributed by atoms with E-state index in [4.69, 9.17) is 0 Å². The van der Waals surface area contributed by atoms with Crippen LogP contribution in [-0.4, -0.2) is 12.6 Å². The quantitative estimate of drug-likeness (QED) is 0.816. The summed E-state index contributed by atoms with van der Waals surface area (Å²) >= 11 is 0. The Balaban J connectivity index is 1.88. The van der Waals surface area contributed by atoms with Gasteiger partial charge >= 0.3 is 0 Å². The minimum Gasteiger partial charge on any atom is -0.313 e. The van der Waals surface area contributed by atoms with Gasteiger partial charge in [0.2, 0.25) is 0 Å². The highest BCUT2D eigenvalue weighted by Crippen LogP contribution is 2.52. The molecule has 16 heavy (non-hydrogen) atoms. The second kappa shape index (κ2) is 4.21. The molecule has 2 bridgehead atoms. The number of fused-ring (bicyclic) bond motifs is 2. The molecule has 3 rings (SSSR count). The molecular formula is C15H21N. The Bertz CT molecular complexity index is 346. The maximum Gasteiger partial charge on any atom is 0.0167 e. The van der Waals surface area contributed by atoms with Crippen molar-refractivity contribution in [1.82, 2.24) is 5.32 Å². The molecule has 0 amide bonds. The molecule has 0 aromatic heterocycles. The third-order valence-electron chi connectivity index (χ3n) is 4.54. The summed E-state index contributed by atoms with van der Waals surface area (Å²) in [5, 5.41) is 3.72. The summed E-state index contributed by atoms with van der Waals surface area (Å²) in [6, 6.07) is 11.9. The first-order chi connectivity index (χ1) is 7.90. The van der Waals surface area contributed by atoms with Gasteiger partial charge < -0.3 is 5.32 Å². The number of nitrogens with one attached hydrogen (secondary N) is 1. The van der Waals surface area contributed by atoms with Crippen LogP contribution in [0, 0.1) is 11.8 Å². The van der Waals surface area contributed by atoms with Crippen molar-refractivity contribution in [2.45, 2.75) is 38.1 Å². The van der Waals surface area contributed by atoms with Crippen LogP contribution in [0.25, 0.3) is 0 Å². The first kappa shape index (κ1) is 10.3. The van der Waals surface area contributed by atoms with Gasteiger partial charge in [0.25, 0.3) is 0 Å². The Kier molecular flexibility index (Phi) is 2.72. The number of rotatable bonds is 3. The van der Waals surface area contributed by atoms with Crippen LogP contribution >= 0.6 is 0 Å². The molecule has 1 N–H and O–H groups in total. The minimum atomic E-state index is 0.742. The Hall–Kier alpha value is -0.820. The van der Waals surface area contributed by atoms with Crippen molar-refractivity contribution in [3.8, 4) is 0 Å². The fourth-order valence-corrected chi connectivity index (χ4v) is 3.98. The average Bonchev–Trinajstić information content (AvgIpc) is 2.91. The van der Waals surface area contributed by atoms with E-state index in [0.29, 0.717) is 0 Å². The van der Waals surface area contributed by atoms with Crippen molar-refractivity contribution in [3.63, 3.8) is 0 Å². The van der Waals surface area contributed by atoms with Crippen LogP contribution in [0.1, 0.15) is 37.7 Å². The number of benzene rings is 1. The van der Waals surface area contributed by atoms with Crippen LogP contribution in [0.15, 0.2) is 30.3 Å². The fraction of sp³-hybridized carbons (Fsp3) is 0.600. The summed E-state index contributed by atoms with van der Waals surface area (Å²) < 4.78 is 0. The van der Waals surface area contributed by atoms with Gasteiger partial charge in [0.05, 0.1) is 0 Å². The Morgan fingerprint density at radius 2 is 1.88 bits per heavy atom. The predicted octanol–water partition coefficient (Wildman–Crippen LogP) is 3.18. The molecule has 0 radical (unpaired) electrons. The summed E-state index contributed by atoms with van der Waals surface area (Å²) in [5.74, 6) is 2.66. The molecule has 1 aromatic rings. The monoisotopic (exact) mass is 215 g/mol. The van der Waals surface area contributed by atoms with Crippen LogP contribution in [0.5, 0.6) is 0 Å². The third kappa shape index (κ3) is 1.58. The van der Waals surface area contributed by atoms with E-state index in [1.807, 2.05) is 0 Å². The highest BCUT2D eigenvalue weighted by Gasteiger charge is 2.47. The van der Waals surface area contributed by atoms with E-state index in [-0.39, 0.29) is 0 Å². The van der Waals surface area contributed by atoms with Gasteiger partial charge in [0, 0.05) is 12.0 Å². The summed E-state index contributed by atoms with van der Waals surface area (Å²) in [5.41, 5.74) is 1.56. The zero-order valence-electron chi connectivity index (χ0n) is 10.0. The number of hydrogen-bond acceptors (Lipinski definition) is 1. The topological polar surface area (TPSA) is 12.0 Å². The molecule has 86 valence electrons. The molecule has 1 nitrogen and oxygen atoms in total. The second-order valence-corrected chi connectivity index (χ2v) is 5.35. The summed E-state index contributed by atoms with van der Waals surface area (Å²) in [4.78, 5) is 0. The lowest BCUT2D eigenvalue weighted by Gasteiger charge is -2.32. The fourth-order valence-electron chi connectivity index (χ4n) is 3.98. The maximum atomic E-state index is 3.72. The molecule has 0 aliphatic heterocycles. The van der Waals surface area contributed by atoms with Gasteiger partial charge in [-0.1, -0.05) is 37.3 Å². The summed E-state index contributed by atoms with van der Waals surface area (Å²) in [7, 11) is 0. The van der Waals surface area contributed by atoms with Gasteiger partial charge in [-0.15, -0.1) is 0 Å². The highest BCUT2D eigenvalue weighted by atomic mass is 14.9. The summed E-state index contributed by atoms with van der Waals surface area (Å²) in [6.07, 6.45) is 4.36. The first-order valence-electron chi connectivity index (χ1n) is 6.68. The maximum absolute atomic E-state index is 3.72. The SMILES string of the molecule is CCN[C@@H]1[C@H]2CC[C@@H](C2)[C@@H]1c1ccccc1. The lowest BCUT2D eigenvalue weighted by atomic mass is 9.80. The molecule has 2 aliphatic carbocycles. The van der Waals surface area contributed by atoms with E-state index in [0.717, 1.165) is 30.3 Å². The predicted molar refractivity (Wildman–Crippen MR) is 67.5 cm³/mol. The smallest absolute Gasteiger partial charge is 0.0167 e. The molecule has 1 heteroatoms. The van der Waals surface area contributed by atoms with E-state index in [1.54, 1.807) is 5.56 Å². The molecule has 4 atom stereocenters. The van der Waals surface area contributed by atoms with Crippen molar-refractivity contribution < 1.29 is 0 Å². The van der Waals surface area contributed by atoms with Gasteiger partial charge in [-0.25, -0.2) is 0 Å². The van der Waals surface area contributed by atoms with Crippen LogP contribution in [0.2, 0.25) is 0 Å². The van der Waals surface area contributed by atoms with Gasteiger partial charge in [-0.2, -0.15) is 0 Å². The standard InChI is InChI=1S/C15H21N/c1-2-16-15-13-9-8-12(10-13)14(15)11-6-4-3-5-7-11/h3-7,12-16H,2,8-10H2,1H3/t12-,13-,14-,15+/m0/s1. The highest BCUT2D eigenvalue weighted by molar-refractivity contribution is 5.26. The molecule has 2 fully saturated rings. The van der Waals surface area contributed by atoms with E-state index >= 15 is 0 Å².